The first-order valence-electron chi connectivity index (χ1n) is 7.85. The van der Waals surface area contributed by atoms with Crippen molar-refractivity contribution in [2.75, 3.05) is 0 Å². The summed E-state index contributed by atoms with van der Waals surface area (Å²) in [5, 5.41) is 2.04. The third-order valence-electron chi connectivity index (χ3n) is 4.80. The van der Waals surface area contributed by atoms with Crippen LogP contribution in [0.2, 0.25) is 0 Å². The van der Waals surface area contributed by atoms with Crippen LogP contribution in [-0.2, 0) is 7.05 Å². The summed E-state index contributed by atoms with van der Waals surface area (Å²) in [6, 6.07) is 16.4. The van der Waals surface area contributed by atoms with Crippen LogP contribution in [-0.4, -0.2) is 18.9 Å². The van der Waals surface area contributed by atoms with Gasteiger partial charge in [-0.15, -0.1) is 0 Å². The molecule has 0 atom stereocenters. The zero-order chi connectivity index (χ0) is 15.8. The normalized spacial score (nSPS) is 12.4. The number of furan rings is 1. The highest BCUT2D eigenvalue weighted by molar-refractivity contribution is 6.17. The molecule has 24 heavy (non-hydrogen) atoms. The molecule has 0 saturated heterocycles. The lowest BCUT2D eigenvalue weighted by atomic mass is 10.1. The number of para-hydroxylation sites is 2. The molecule has 5 heteroatoms. The van der Waals surface area contributed by atoms with Crippen molar-refractivity contribution < 1.29 is 4.42 Å². The van der Waals surface area contributed by atoms with E-state index in [9.17, 15) is 0 Å². The SMILES string of the molecule is Cn1c2ccccc2n2c3ccc4oc5ncccc5c4c3nc12. The summed E-state index contributed by atoms with van der Waals surface area (Å²) in [4.78, 5) is 9.27. The lowest BCUT2D eigenvalue weighted by Crippen LogP contribution is -1.87. The van der Waals surface area contributed by atoms with Gasteiger partial charge in [0.05, 0.1) is 27.3 Å². The molecule has 4 heterocycles. The van der Waals surface area contributed by atoms with Crippen LogP contribution in [0.3, 0.4) is 0 Å². The van der Waals surface area contributed by atoms with Crippen molar-refractivity contribution in [1.82, 2.24) is 18.9 Å². The van der Waals surface area contributed by atoms with E-state index in [0.29, 0.717) is 5.71 Å². The topological polar surface area (TPSA) is 48.3 Å². The summed E-state index contributed by atoms with van der Waals surface area (Å²) in [7, 11) is 2.05. The van der Waals surface area contributed by atoms with E-state index < -0.39 is 0 Å². The molecule has 2 aromatic carbocycles. The van der Waals surface area contributed by atoms with Gasteiger partial charge in [-0.05, 0) is 36.4 Å². The molecule has 0 radical (unpaired) electrons. The minimum Gasteiger partial charge on any atom is -0.438 e. The first kappa shape index (κ1) is 12.1. The van der Waals surface area contributed by atoms with Crippen LogP contribution >= 0.6 is 0 Å². The van der Waals surface area contributed by atoms with Crippen molar-refractivity contribution in [2.45, 2.75) is 0 Å². The Balaban J connectivity index is 1.94. The zero-order valence-electron chi connectivity index (χ0n) is 12.9. The van der Waals surface area contributed by atoms with Gasteiger partial charge in [0, 0.05) is 13.2 Å². The van der Waals surface area contributed by atoms with Gasteiger partial charge in [0.2, 0.25) is 11.5 Å². The molecule has 0 bridgehead atoms. The molecule has 0 amide bonds. The summed E-state index contributed by atoms with van der Waals surface area (Å²) < 4.78 is 10.2. The molecule has 0 aliphatic carbocycles. The second kappa shape index (κ2) is 3.94. The Morgan fingerprint density at radius 3 is 2.71 bits per heavy atom. The predicted molar refractivity (Wildman–Crippen MR) is 94.2 cm³/mol. The maximum Gasteiger partial charge on any atom is 0.227 e. The standard InChI is InChI=1S/C19H12N4O/c1-22-12-6-2-3-7-13(12)23-14-8-9-15-16(17(14)21-19(22)23)11-5-4-10-20-18(11)24-15/h2-10H,1H3. The molecule has 4 aromatic heterocycles. The van der Waals surface area contributed by atoms with Crippen molar-refractivity contribution in [3.8, 4) is 0 Å². The van der Waals surface area contributed by atoms with Gasteiger partial charge in [-0.2, -0.15) is 0 Å². The number of imidazole rings is 2. The second-order valence-corrected chi connectivity index (χ2v) is 6.06. The largest absolute Gasteiger partial charge is 0.438 e. The Bertz CT molecular complexity index is 1420. The van der Waals surface area contributed by atoms with Crippen LogP contribution < -0.4 is 0 Å². The fourth-order valence-corrected chi connectivity index (χ4v) is 3.73. The Labute approximate surface area is 135 Å². The molecule has 114 valence electrons. The lowest BCUT2D eigenvalue weighted by Gasteiger charge is -1.96. The van der Waals surface area contributed by atoms with Gasteiger partial charge in [-0.1, -0.05) is 12.1 Å². The predicted octanol–water partition coefficient (Wildman–Crippen LogP) is 4.27. The van der Waals surface area contributed by atoms with Crippen LogP contribution in [0.4, 0.5) is 0 Å². The van der Waals surface area contributed by atoms with Gasteiger partial charge in [0.25, 0.3) is 0 Å². The molecule has 0 N–H and O–H groups in total. The average Bonchev–Trinajstić information content (AvgIpc) is 3.25. The summed E-state index contributed by atoms with van der Waals surface area (Å²) in [6.45, 7) is 0. The van der Waals surface area contributed by atoms with Gasteiger partial charge >= 0.3 is 0 Å². The van der Waals surface area contributed by atoms with Crippen LogP contribution in [0.1, 0.15) is 0 Å². The fourth-order valence-electron chi connectivity index (χ4n) is 3.73. The zero-order valence-corrected chi connectivity index (χ0v) is 12.9. The molecular formula is C19H12N4O. The number of fused-ring (bicyclic) bond motifs is 9. The molecule has 0 aliphatic rings. The maximum absolute atomic E-state index is 5.88. The molecule has 6 rings (SSSR count). The highest BCUT2D eigenvalue weighted by Gasteiger charge is 2.18. The third-order valence-corrected chi connectivity index (χ3v) is 4.80. The van der Waals surface area contributed by atoms with Crippen LogP contribution in [0.15, 0.2) is 59.1 Å². The van der Waals surface area contributed by atoms with E-state index in [1.165, 1.54) is 5.52 Å². The average molecular weight is 312 g/mol. The van der Waals surface area contributed by atoms with E-state index in [2.05, 4.69) is 51.3 Å². The first-order valence-corrected chi connectivity index (χ1v) is 7.85. The quantitative estimate of drug-likeness (QED) is 0.421. The molecule has 0 aliphatic heterocycles. The number of hydrogen-bond acceptors (Lipinski definition) is 3. The number of benzene rings is 2. The minimum absolute atomic E-state index is 0.655. The van der Waals surface area contributed by atoms with Gasteiger partial charge in [-0.25, -0.2) is 9.97 Å². The number of aryl methyl sites for hydroxylation is 1. The summed E-state index contributed by atoms with van der Waals surface area (Å²) in [5.41, 5.74) is 5.84. The number of rotatable bonds is 0. The van der Waals surface area contributed by atoms with Crippen molar-refractivity contribution in [3.05, 3.63) is 54.7 Å². The highest BCUT2D eigenvalue weighted by atomic mass is 16.3. The number of nitrogens with zero attached hydrogens (tertiary/aromatic N) is 4. The van der Waals surface area contributed by atoms with E-state index in [4.69, 9.17) is 9.40 Å². The van der Waals surface area contributed by atoms with E-state index in [1.807, 2.05) is 18.2 Å². The molecule has 0 saturated carbocycles. The maximum atomic E-state index is 5.88. The number of aromatic nitrogens is 4. The lowest BCUT2D eigenvalue weighted by molar-refractivity contribution is 0.654. The van der Waals surface area contributed by atoms with E-state index in [-0.39, 0.29) is 0 Å². The molecule has 0 fully saturated rings. The van der Waals surface area contributed by atoms with Gasteiger partial charge in [0.15, 0.2) is 0 Å². The van der Waals surface area contributed by atoms with Gasteiger partial charge < -0.3 is 8.98 Å². The van der Waals surface area contributed by atoms with Crippen molar-refractivity contribution in [3.63, 3.8) is 0 Å². The smallest absolute Gasteiger partial charge is 0.227 e. The van der Waals surface area contributed by atoms with Crippen LogP contribution in [0.25, 0.3) is 49.9 Å². The Hall–Kier alpha value is -3.34. The second-order valence-electron chi connectivity index (χ2n) is 6.06. The first-order chi connectivity index (χ1) is 11.8. The third kappa shape index (κ3) is 1.27. The fraction of sp³-hybridized carbons (Fsp3) is 0.0526. The minimum atomic E-state index is 0.655. The van der Waals surface area contributed by atoms with Crippen LogP contribution in [0.5, 0.6) is 0 Å². The van der Waals surface area contributed by atoms with Crippen molar-refractivity contribution >= 4 is 49.9 Å². The summed E-state index contributed by atoms with van der Waals surface area (Å²) in [5.74, 6) is 0.928. The van der Waals surface area contributed by atoms with Gasteiger partial charge in [-0.3, -0.25) is 4.40 Å². The summed E-state index contributed by atoms with van der Waals surface area (Å²) in [6.07, 6.45) is 1.75. The molecular weight excluding hydrogens is 300 g/mol. The van der Waals surface area contributed by atoms with Crippen molar-refractivity contribution in [2.24, 2.45) is 7.05 Å². The van der Waals surface area contributed by atoms with E-state index in [1.54, 1.807) is 6.20 Å². The monoisotopic (exact) mass is 312 g/mol. The molecule has 5 nitrogen and oxygen atoms in total. The van der Waals surface area contributed by atoms with E-state index in [0.717, 1.165) is 38.7 Å². The Morgan fingerprint density at radius 1 is 0.917 bits per heavy atom. The summed E-state index contributed by atoms with van der Waals surface area (Å²) >= 11 is 0. The Kier molecular flexibility index (Phi) is 1.99. The van der Waals surface area contributed by atoms with Crippen LogP contribution in [0, 0.1) is 0 Å². The number of pyridine rings is 1. The highest BCUT2D eigenvalue weighted by Crippen LogP contribution is 2.35. The molecule has 0 unspecified atom stereocenters. The number of hydrogen-bond donors (Lipinski definition) is 0. The molecule has 0 spiro atoms. The Morgan fingerprint density at radius 2 is 1.79 bits per heavy atom. The van der Waals surface area contributed by atoms with Crippen molar-refractivity contribution in [1.29, 1.82) is 0 Å². The van der Waals surface area contributed by atoms with Gasteiger partial charge in [0.1, 0.15) is 11.1 Å². The molecule has 6 aromatic rings. The van der Waals surface area contributed by atoms with E-state index >= 15 is 0 Å².